The van der Waals surface area contributed by atoms with Crippen LogP contribution in [0.25, 0.3) is 5.70 Å². The summed E-state index contributed by atoms with van der Waals surface area (Å²) in [6, 6.07) is 3.18. The average Bonchev–Trinajstić information content (AvgIpc) is 2.87. The van der Waals surface area contributed by atoms with Crippen molar-refractivity contribution >= 4 is 21.6 Å². The Morgan fingerprint density at radius 3 is 2.90 bits per heavy atom. The topological polar surface area (TPSA) is 41.9 Å². The van der Waals surface area contributed by atoms with Gasteiger partial charge in [0.25, 0.3) is 0 Å². The van der Waals surface area contributed by atoms with Gasteiger partial charge < -0.3 is 5.11 Å². The molecule has 2 aromatic rings. The lowest BCUT2D eigenvalue weighted by Gasteiger charge is -2.32. The molecule has 1 unspecified atom stereocenters. The molecule has 110 valence electrons. The Balaban J connectivity index is 2.22. The molecule has 1 aromatic heterocycles. The van der Waals surface area contributed by atoms with E-state index < -0.39 is 17.2 Å². The Morgan fingerprint density at radius 2 is 2.24 bits per heavy atom. The molecule has 7 heteroatoms. The molecule has 3 rings (SSSR count). The third kappa shape index (κ3) is 2.11. The van der Waals surface area contributed by atoms with Crippen LogP contribution in [0, 0.1) is 11.6 Å². The summed E-state index contributed by atoms with van der Waals surface area (Å²) in [5, 5.41) is 11.0. The van der Waals surface area contributed by atoms with Gasteiger partial charge in [-0.25, -0.2) is 8.78 Å². The van der Waals surface area contributed by atoms with Crippen LogP contribution >= 0.6 is 15.9 Å². The van der Waals surface area contributed by atoms with Crippen LogP contribution in [-0.2, 0) is 12.1 Å². The van der Waals surface area contributed by atoms with Gasteiger partial charge in [0.2, 0.25) is 6.33 Å². The van der Waals surface area contributed by atoms with Gasteiger partial charge >= 0.3 is 6.33 Å². The van der Waals surface area contributed by atoms with E-state index in [1.165, 1.54) is 6.07 Å². The summed E-state index contributed by atoms with van der Waals surface area (Å²) in [5.74, 6) is -1.46. The van der Waals surface area contributed by atoms with Crippen molar-refractivity contribution in [2.75, 3.05) is 0 Å². The zero-order valence-electron chi connectivity index (χ0n) is 11.2. The smallest absolute Gasteiger partial charge is 0.307 e. The molecule has 0 bridgehead atoms. The van der Waals surface area contributed by atoms with Gasteiger partial charge in [-0.1, -0.05) is 6.92 Å². The summed E-state index contributed by atoms with van der Waals surface area (Å²) >= 11 is 3.39. The molecule has 1 aliphatic heterocycles. The van der Waals surface area contributed by atoms with E-state index in [4.69, 9.17) is 0 Å². The zero-order chi connectivity index (χ0) is 15.2. The molecule has 0 aliphatic carbocycles. The van der Waals surface area contributed by atoms with E-state index in [0.717, 1.165) is 17.8 Å². The summed E-state index contributed by atoms with van der Waals surface area (Å²) in [6.45, 7) is 2.01. The van der Waals surface area contributed by atoms with E-state index in [-0.39, 0.29) is 12.1 Å². The van der Waals surface area contributed by atoms with Gasteiger partial charge in [0.05, 0.1) is 10.2 Å². The molecule has 1 atom stereocenters. The number of aliphatic hydroxyl groups is 1. The molecule has 1 aromatic carbocycles. The Morgan fingerprint density at radius 1 is 1.48 bits per heavy atom. The van der Waals surface area contributed by atoms with E-state index in [2.05, 4.69) is 20.9 Å². The quantitative estimate of drug-likeness (QED) is 0.839. The van der Waals surface area contributed by atoms with Crippen LogP contribution in [0.3, 0.4) is 0 Å². The maximum atomic E-state index is 14.1. The van der Waals surface area contributed by atoms with Gasteiger partial charge in [0, 0.05) is 11.6 Å². The first-order chi connectivity index (χ1) is 9.97. The summed E-state index contributed by atoms with van der Waals surface area (Å²) in [4.78, 5) is 4.04. The minimum Gasteiger partial charge on any atom is -0.375 e. The van der Waals surface area contributed by atoms with Gasteiger partial charge in [-0.2, -0.15) is 4.68 Å². The van der Waals surface area contributed by atoms with Crippen molar-refractivity contribution in [1.29, 1.82) is 0 Å². The van der Waals surface area contributed by atoms with Crippen LogP contribution < -0.4 is 4.68 Å². The predicted molar refractivity (Wildman–Crippen MR) is 75.1 cm³/mol. The normalized spacial score (nSPS) is 21.6. The molecule has 1 aliphatic rings. The number of aromatic nitrogens is 3. The maximum absolute atomic E-state index is 14.1. The van der Waals surface area contributed by atoms with E-state index in [1.807, 2.05) is 6.92 Å². The first-order valence-corrected chi connectivity index (χ1v) is 7.26. The van der Waals surface area contributed by atoms with E-state index >= 15 is 0 Å². The molecule has 0 saturated carbocycles. The number of nitrogens with zero attached hydrogens (tertiary/aromatic N) is 3. The highest BCUT2D eigenvalue weighted by Crippen LogP contribution is 2.41. The SMILES string of the molecule is CCC1=C(Br)C(O)(c2ccc(F)cc2F)C[n+]2cncn21. The Hall–Kier alpha value is -1.60. The summed E-state index contributed by atoms with van der Waals surface area (Å²) < 4.78 is 31.2. The van der Waals surface area contributed by atoms with Gasteiger partial charge in [-0.05, 0) is 39.5 Å². The number of halogens is 3. The number of rotatable bonds is 2. The van der Waals surface area contributed by atoms with Crippen LogP contribution in [0.15, 0.2) is 35.3 Å². The molecule has 0 spiro atoms. The van der Waals surface area contributed by atoms with Gasteiger partial charge in [-0.3, -0.25) is 0 Å². The zero-order valence-corrected chi connectivity index (χ0v) is 12.8. The minimum atomic E-state index is -1.59. The van der Waals surface area contributed by atoms with E-state index in [9.17, 15) is 13.9 Å². The fourth-order valence-electron chi connectivity index (χ4n) is 2.62. The maximum Gasteiger partial charge on any atom is 0.307 e. The highest BCUT2D eigenvalue weighted by molar-refractivity contribution is 9.11. The van der Waals surface area contributed by atoms with Crippen molar-refractivity contribution in [3.8, 4) is 0 Å². The van der Waals surface area contributed by atoms with E-state index in [0.29, 0.717) is 10.9 Å². The predicted octanol–water partition coefficient (Wildman–Crippen LogP) is 2.32. The molecule has 4 nitrogen and oxygen atoms in total. The van der Waals surface area contributed by atoms with Crippen LogP contribution in [-0.4, -0.2) is 14.8 Å². The molecular weight excluding hydrogens is 344 g/mol. The lowest BCUT2D eigenvalue weighted by molar-refractivity contribution is -0.780. The number of hydrogen-bond acceptors (Lipinski definition) is 2. The molecule has 1 N–H and O–H groups in total. The molecule has 0 radical (unpaired) electrons. The number of allylic oxidation sites excluding steroid dienone is 1. The second kappa shape index (κ2) is 4.99. The first kappa shape index (κ1) is 14.3. The van der Waals surface area contributed by atoms with Crippen LogP contribution in [0.4, 0.5) is 8.78 Å². The van der Waals surface area contributed by atoms with Crippen LogP contribution in [0.2, 0.25) is 0 Å². The number of fused-ring (bicyclic) bond motifs is 1. The monoisotopic (exact) mass is 356 g/mol. The first-order valence-electron chi connectivity index (χ1n) is 6.47. The lowest BCUT2D eigenvalue weighted by atomic mass is 9.90. The van der Waals surface area contributed by atoms with Crippen LogP contribution in [0.5, 0.6) is 0 Å². The summed E-state index contributed by atoms with van der Waals surface area (Å²) in [7, 11) is 0. The second-order valence-corrected chi connectivity index (χ2v) is 5.71. The van der Waals surface area contributed by atoms with Crippen LogP contribution in [0.1, 0.15) is 18.9 Å². The van der Waals surface area contributed by atoms with Crippen molar-refractivity contribution in [2.45, 2.75) is 25.5 Å². The molecule has 0 amide bonds. The second-order valence-electron chi connectivity index (χ2n) is 4.92. The van der Waals surface area contributed by atoms with Crippen molar-refractivity contribution < 1.29 is 18.6 Å². The number of hydrogen-bond donors (Lipinski definition) is 1. The Kier molecular flexibility index (Phi) is 3.41. The fraction of sp³-hybridized carbons (Fsp3) is 0.286. The van der Waals surface area contributed by atoms with Crippen molar-refractivity contribution in [1.82, 2.24) is 9.67 Å². The highest BCUT2D eigenvalue weighted by atomic mass is 79.9. The van der Waals surface area contributed by atoms with E-state index in [1.54, 1.807) is 22.0 Å². The summed E-state index contributed by atoms with van der Waals surface area (Å²) in [5.41, 5.74) is -0.796. The minimum absolute atomic E-state index is 0.0293. The van der Waals surface area contributed by atoms with Gasteiger partial charge in [0.15, 0.2) is 5.60 Å². The lowest BCUT2D eigenvalue weighted by Crippen LogP contribution is -2.55. The molecular formula is C14H13BrF2N3O+. The van der Waals surface area contributed by atoms with Crippen molar-refractivity contribution in [3.05, 3.63) is 52.5 Å². The van der Waals surface area contributed by atoms with Gasteiger partial charge in [0.1, 0.15) is 18.2 Å². The third-order valence-electron chi connectivity index (χ3n) is 3.65. The highest BCUT2D eigenvalue weighted by Gasteiger charge is 2.44. The summed E-state index contributed by atoms with van der Waals surface area (Å²) in [6.07, 6.45) is 3.80. The molecule has 0 saturated heterocycles. The largest absolute Gasteiger partial charge is 0.375 e. The average molecular weight is 357 g/mol. The standard InChI is InChI=1S/C14H13BrF2N3O/c1-2-12-13(15)14(21,6-19-7-18-8-20(12)19)10-4-3-9(16)5-11(10)17/h3-5,7-8,21H,2,6H2,1H3/q+1. The number of benzene rings is 1. The third-order valence-corrected chi connectivity index (χ3v) is 4.76. The van der Waals surface area contributed by atoms with Crippen molar-refractivity contribution in [2.24, 2.45) is 0 Å². The fourth-order valence-corrected chi connectivity index (χ4v) is 3.42. The molecule has 2 heterocycles. The van der Waals surface area contributed by atoms with Crippen molar-refractivity contribution in [3.63, 3.8) is 0 Å². The molecule has 21 heavy (non-hydrogen) atoms. The Bertz CT molecular complexity index is 744. The Labute approximate surface area is 128 Å². The molecule has 0 fully saturated rings. The van der Waals surface area contributed by atoms with Gasteiger partial charge in [-0.15, -0.1) is 4.68 Å².